The molecule has 1 unspecified atom stereocenters. The number of aliphatic hydroxyl groups excluding tert-OH is 1. The van der Waals surface area contributed by atoms with Crippen molar-refractivity contribution >= 4 is 15.7 Å². The van der Waals surface area contributed by atoms with E-state index in [1.165, 1.54) is 19.2 Å². The minimum Gasteiger partial charge on any atom is -0.495 e. The summed E-state index contributed by atoms with van der Waals surface area (Å²) in [4.78, 5) is 9.78. The lowest BCUT2D eigenvalue weighted by atomic mass is 10.2. The number of ether oxygens (including phenoxy) is 1. The fraction of sp³-hybridized carbons (Fsp3) is 0.500. The summed E-state index contributed by atoms with van der Waals surface area (Å²) in [5, 5.41) is 19.8. The second kappa shape index (κ2) is 7.34. The number of sulfonamides is 1. The van der Waals surface area contributed by atoms with Gasteiger partial charge in [-0.05, 0) is 25.8 Å². The van der Waals surface area contributed by atoms with Crippen LogP contribution >= 0.6 is 0 Å². The van der Waals surface area contributed by atoms with E-state index < -0.39 is 21.1 Å². The van der Waals surface area contributed by atoms with E-state index in [4.69, 9.17) is 9.84 Å². The van der Waals surface area contributed by atoms with E-state index in [2.05, 4.69) is 4.72 Å². The second-order valence-corrected chi connectivity index (χ2v) is 6.22. The molecule has 0 spiro atoms. The topological polar surface area (TPSA) is 119 Å². The molecule has 0 aliphatic rings. The maximum atomic E-state index is 12.2. The third-order valence-electron chi connectivity index (χ3n) is 2.74. The van der Waals surface area contributed by atoms with E-state index >= 15 is 0 Å². The van der Waals surface area contributed by atoms with Crippen LogP contribution in [0.15, 0.2) is 23.1 Å². The highest BCUT2D eigenvalue weighted by molar-refractivity contribution is 7.89. The average molecular weight is 318 g/mol. The highest BCUT2D eigenvalue weighted by atomic mass is 32.2. The van der Waals surface area contributed by atoms with Gasteiger partial charge in [-0.15, -0.1) is 0 Å². The first-order chi connectivity index (χ1) is 9.77. The lowest BCUT2D eigenvalue weighted by molar-refractivity contribution is -0.385. The number of non-ortho nitro benzene ring substituents is 1. The minimum absolute atomic E-state index is 0.0311. The molecule has 0 saturated carbocycles. The number of nitro benzene ring substituents is 1. The van der Waals surface area contributed by atoms with Gasteiger partial charge < -0.3 is 9.84 Å². The van der Waals surface area contributed by atoms with Gasteiger partial charge in [0, 0.05) is 18.7 Å². The van der Waals surface area contributed by atoms with Gasteiger partial charge in [-0.2, -0.15) is 0 Å². The Morgan fingerprint density at radius 1 is 1.48 bits per heavy atom. The van der Waals surface area contributed by atoms with Crippen molar-refractivity contribution in [1.29, 1.82) is 0 Å². The van der Waals surface area contributed by atoms with E-state index in [0.29, 0.717) is 12.8 Å². The minimum atomic E-state index is -3.92. The third-order valence-corrected chi connectivity index (χ3v) is 4.22. The van der Waals surface area contributed by atoms with Gasteiger partial charge in [0.25, 0.3) is 5.69 Å². The number of rotatable bonds is 8. The van der Waals surface area contributed by atoms with Crippen LogP contribution in [0.1, 0.15) is 19.8 Å². The number of hydrogen-bond acceptors (Lipinski definition) is 6. The van der Waals surface area contributed by atoms with Crippen LogP contribution in [-0.4, -0.2) is 38.2 Å². The Kier molecular flexibility index (Phi) is 6.06. The third kappa shape index (κ3) is 4.96. The summed E-state index contributed by atoms with van der Waals surface area (Å²) in [5.74, 6) is 0.0311. The Labute approximate surface area is 122 Å². The van der Waals surface area contributed by atoms with Crippen LogP contribution in [0.25, 0.3) is 0 Å². The molecule has 2 N–H and O–H groups in total. The van der Waals surface area contributed by atoms with E-state index in [1.54, 1.807) is 6.92 Å². The normalized spacial score (nSPS) is 12.9. The summed E-state index contributed by atoms with van der Waals surface area (Å²) in [5.41, 5.74) is -0.333. The van der Waals surface area contributed by atoms with Crippen molar-refractivity contribution in [2.75, 3.05) is 13.7 Å². The molecule has 0 aliphatic carbocycles. The maximum Gasteiger partial charge on any atom is 0.271 e. The van der Waals surface area contributed by atoms with Crippen LogP contribution in [0.3, 0.4) is 0 Å². The Morgan fingerprint density at radius 2 is 2.14 bits per heavy atom. The van der Waals surface area contributed by atoms with Gasteiger partial charge in [-0.25, -0.2) is 13.1 Å². The largest absolute Gasteiger partial charge is 0.495 e. The molecule has 0 aliphatic heterocycles. The Bertz CT molecular complexity index is 600. The predicted octanol–water partition coefficient (Wildman–Crippen LogP) is 1.04. The van der Waals surface area contributed by atoms with Gasteiger partial charge in [-0.1, -0.05) is 0 Å². The molecule has 0 amide bonds. The first-order valence-corrected chi connectivity index (χ1v) is 7.76. The van der Waals surface area contributed by atoms with Gasteiger partial charge >= 0.3 is 0 Å². The molecule has 0 aromatic heterocycles. The van der Waals surface area contributed by atoms with Crippen molar-refractivity contribution in [3.05, 3.63) is 28.3 Å². The molecule has 1 rings (SSSR count). The number of nitrogens with one attached hydrogen (secondary N) is 1. The van der Waals surface area contributed by atoms with Crippen LogP contribution in [0.2, 0.25) is 0 Å². The second-order valence-electron chi connectivity index (χ2n) is 4.48. The molecular weight excluding hydrogens is 300 g/mol. The number of methoxy groups -OCH3 is 1. The fourth-order valence-electron chi connectivity index (χ4n) is 1.67. The van der Waals surface area contributed by atoms with Gasteiger partial charge in [-0.3, -0.25) is 10.1 Å². The van der Waals surface area contributed by atoms with Crippen molar-refractivity contribution in [3.63, 3.8) is 0 Å². The molecule has 0 saturated heterocycles. The molecule has 1 aromatic rings. The SMILES string of the molecule is COc1ccc([N+](=O)[O-])cc1S(=O)(=O)NCCCC(C)O. The molecule has 0 radical (unpaired) electrons. The number of benzene rings is 1. The zero-order valence-electron chi connectivity index (χ0n) is 11.8. The lowest BCUT2D eigenvalue weighted by Gasteiger charge is -2.11. The van der Waals surface area contributed by atoms with Crippen molar-refractivity contribution < 1.29 is 23.2 Å². The monoisotopic (exact) mass is 318 g/mol. The Hall–Kier alpha value is -1.71. The number of aliphatic hydroxyl groups is 1. The van der Waals surface area contributed by atoms with Crippen LogP contribution in [0.4, 0.5) is 5.69 Å². The molecule has 8 nitrogen and oxygen atoms in total. The first kappa shape index (κ1) is 17.3. The number of nitro groups is 1. The van der Waals surface area contributed by atoms with Crippen LogP contribution < -0.4 is 9.46 Å². The molecule has 1 aromatic carbocycles. The van der Waals surface area contributed by atoms with Crippen LogP contribution in [0.5, 0.6) is 5.75 Å². The molecule has 0 fully saturated rings. The van der Waals surface area contributed by atoms with Crippen molar-refractivity contribution in [1.82, 2.24) is 4.72 Å². The lowest BCUT2D eigenvalue weighted by Crippen LogP contribution is -2.26. The summed E-state index contributed by atoms with van der Waals surface area (Å²) in [7, 11) is -2.63. The summed E-state index contributed by atoms with van der Waals surface area (Å²) in [6.07, 6.45) is 0.393. The van der Waals surface area contributed by atoms with Gasteiger partial charge in [0.2, 0.25) is 10.0 Å². The summed E-state index contributed by atoms with van der Waals surface area (Å²) < 4.78 is 31.6. The predicted molar refractivity (Wildman–Crippen MR) is 75.8 cm³/mol. The molecule has 9 heteroatoms. The quantitative estimate of drug-likeness (QED) is 0.420. The van der Waals surface area contributed by atoms with E-state index in [0.717, 1.165) is 6.07 Å². The van der Waals surface area contributed by atoms with E-state index in [1.807, 2.05) is 0 Å². The van der Waals surface area contributed by atoms with E-state index in [-0.39, 0.29) is 22.9 Å². The zero-order chi connectivity index (χ0) is 16.0. The van der Waals surface area contributed by atoms with Crippen molar-refractivity contribution in [3.8, 4) is 5.75 Å². The van der Waals surface area contributed by atoms with Crippen molar-refractivity contribution in [2.45, 2.75) is 30.8 Å². The summed E-state index contributed by atoms with van der Waals surface area (Å²) in [6.45, 7) is 1.73. The molecule has 0 bridgehead atoms. The van der Waals surface area contributed by atoms with Gasteiger partial charge in [0.1, 0.15) is 10.6 Å². The zero-order valence-corrected chi connectivity index (χ0v) is 12.6. The van der Waals surface area contributed by atoms with Crippen molar-refractivity contribution in [2.24, 2.45) is 0 Å². The molecular formula is C12H18N2O6S. The highest BCUT2D eigenvalue weighted by Crippen LogP contribution is 2.27. The fourth-order valence-corrected chi connectivity index (χ4v) is 2.93. The maximum absolute atomic E-state index is 12.2. The van der Waals surface area contributed by atoms with Crippen LogP contribution in [-0.2, 0) is 10.0 Å². The summed E-state index contributed by atoms with van der Waals surface area (Å²) in [6, 6.07) is 3.36. The van der Waals surface area contributed by atoms with Gasteiger partial charge in [0.15, 0.2) is 0 Å². The van der Waals surface area contributed by atoms with Gasteiger partial charge in [0.05, 0.1) is 18.1 Å². The van der Waals surface area contributed by atoms with Crippen LogP contribution in [0, 0.1) is 10.1 Å². The Balaban J connectivity index is 2.95. The number of hydrogen-bond donors (Lipinski definition) is 2. The number of nitrogens with zero attached hydrogens (tertiary/aromatic N) is 1. The Morgan fingerprint density at radius 3 is 2.67 bits per heavy atom. The average Bonchev–Trinajstić information content (AvgIpc) is 2.42. The highest BCUT2D eigenvalue weighted by Gasteiger charge is 2.22. The molecule has 21 heavy (non-hydrogen) atoms. The first-order valence-electron chi connectivity index (χ1n) is 6.28. The summed E-state index contributed by atoms with van der Waals surface area (Å²) >= 11 is 0. The standard InChI is InChI=1S/C12H18N2O6S/c1-9(15)4-3-7-13-21(18,19)12-8-10(14(16)17)5-6-11(12)20-2/h5-6,8-9,13,15H,3-4,7H2,1-2H3. The smallest absolute Gasteiger partial charge is 0.271 e. The molecule has 118 valence electrons. The molecule has 1 atom stereocenters. The molecule has 0 heterocycles. The van der Waals surface area contributed by atoms with E-state index in [9.17, 15) is 18.5 Å².